The Morgan fingerprint density at radius 3 is 1.41 bits per heavy atom. The molecule has 0 unspecified atom stereocenters. The summed E-state index contributed by atoms with van der Waals surface area (Å²) in [5.41, 5.74) is 7.99. The van der Waals surface area contributed by atoms with Crippen LogP contribution < -0.4 is 29.7 Å². The lowest BCUT2D eigenvalue weighted by molar-refractivity contribution is 1.19. The SMILES string of the molecule is C/C=C/[Si](C)(C)c1cc2c(s1)-c1sc([Si](C)(C)/C=C/[Si](CC)(CC)CC)cc1[Si]2(c1ccccc1)c1ccccc1. The molecule has 0 saturated heterocycles. The van der Waals surface area contributed by atoms with Gasteiger partial charge in [0.15, 0.2) is 8.07 Å². The van der Waals surface area contributed by atoms with Crippen molar-refractivity contribution in [1.29, 1.82) is 0 Å². The highest BCUT2D eigenvalue weighted by Crippen LogP contribution is 2.37. The van der Waals surface area contributed by atoms with Crippen LogP contribution in [0.2, 0.25) is 44.3 Å². The standard InChI is InChI=1S/C35H46S2Si4/c1-9-23-38(5,6)32-26-30-34(36-32)35-31(27-33(37-35)39(7,8)24-25-40(10-2,11-3)12-4)41(30,28-19-15-13-16-20-28)29-21-17-14-18-22-29/h9,13-27H,10-12H2,1-8H3/b23-9+,25-24+. The van der Waals surface area contributed by atoms with Crippen molar-refractivity contribution in [2.75, 3.05) is 0 Å². The third kappa shape index (κ3) is 5.19. The lowest BCUT2D eigenvalue weighted by Crippen LogP contribution is -2.73. The molecule has 0 nitrogen and oxygen atoms in total. The van der Waals surface area contributed by atoms with Gasteiger partial charge in [0.05, 0.1) is 8.07 Å². The molecule has 1 aliphatic rings. The van der Waals surface area contributed by atoms with Crippen LogP contribution in [-0.4, -0.2) is 32.3 Å². The monoisotopic (exact) mass is 642 g/mol. The average Bonchev–Trinajstić information content (AvgIpc) is 3.67. The molecule has 3 heterocycles. The molecule has 0 radical (unpaired) electrons. The van der Waals surface area contributed by atoms with Crippen LogP contribution in [0.15, 0.2) is 96.0 Å². The summed E-state index contributed by atoms with van der Waals surface area (Å²) in [4.78, 5) is 3.15. The summed E-state index contributed by atoms with van der Waals surface area (Å²) in [6.45, 7) is 19.6. The number of benzene rings is 2. The van der Waals surface area contributed by atoms with Gasteiger partial charge in [-0.15, -0.1) is 28.4 Å². The van der Waals surface area contributed by atoms with Gasteiger partial charge in [-0.1, -0.05) is 155 Å². The molecule has 5 rings (SSSR count). The van der Waals surface area contributed by atoms with E-state index in [0.29, 0.717) is 0 Å². The Hall–Kier alpha value is -1.81. The van der Waals surface area contributed by atoms with E-state index < -0.39 is 32.3 Å². The fourth-order valence-corrected chi connectivity index (χ4v) is 25.9. The van der Waals surface area contributed by atoms with Crippen LogP contribution in [0.5, 0.6) is 0 Å². The second kappa shape index (κ2) is 11.7. The van der Waals surface area contributed by atoms with Crippen LogP contribution >= 0.6 is 22.7 Å². The van der Waals surface area contributed by atoms with Crippen molar-refractivity contribution in [2.24, 2.45) is 0 Å². The molecule has 2 aromatic carbocycles. The highest BCUT2D eigenvalue weighted by Gasteiger charge is 2.52. The van der Waals surface area contributed by atoms with Crippen molar-refractivity contribution in [2.45, 2.75) is 72.0 Å². The van der Waals surface area contributed by atoms with Crippen molar-refractivity contribution in [3.05, 3.63) is 96.0 Å². The quantitative estimate of drug-likeness (QED) is 0.141. The van der Waals surface area contributed by atoms with E-state index in [1.807, 2.05) is 0 Å². The lowest BCUT2D eigenvalue weighted by atomic mass is 10.4. The highest BCUT2D eigenvalue weighted by atomic mass is 32.1. The normalized spacial score (nSPS) is 15.1. The number of hydrogen-bond donors (Lipinski definition) is 0. The number of rotatable bonds is 10. The molecule has 2 aromatic heterocycles. The van der Waals surface area contributed by atoms with E-state index in [1.54, 1.807) is 29.1 Å². The van der Waals surface area contributed by atoms with Gasteiger partial charge in [0.25, 0.3) is 0 Å². The molecule has 0 N–H and O–H groups in total. The summed E-state index contributed by atoms with van der Waals surface area (Å²) in [5.74, 6) is 0. The summed E-state index contributed by atoms with van der Waals surface area (Å²) in [7, 11) is -7.16. The van der Waals surface area contributed by atoms with Crippen LogP contribution in [0, 0.1) is 0 Å². The molecule has 214 valence electrons. The summed E-state index contributed by atoms with van der Waals surface area (Å²) in [6, 6.07) is 32.5. The minimum atomic E-state index is -2.42. The van der Waals surface area contributed by atoms with Gasteiger partial charge in [0, 0.05) is 9.75 Å². The van der Waals surface area contributed by atoms with Gasteiger partial charge in [0.2, 0.25) is 0 Å². The van der Waals surface area contributed by atoms with Crippen molar-refractivity contribution < 1.29 is 0 Å². The molecule has 0 atom stereocenters. The minimum Gasteiger partial charge on any atom is -0.144 e. The molecule has 0 spiro atoms. The van der Waals surface area contributed by atoms with Gasteiger partial charge in [-0.25, -0.2) is 0 Å². The third-order valence-corrected chi connectivity index (χ3v) is 31.1. The molecule has 0 fully saturated rings. The largest absolute Gasteiger partial charge is 0.182 e. The molecule has 1 aliphatic heterocycles. The van der Waals surface area contributed by atoms with Crippen LogP contribution in [0.25, 0.3) is 9.75 Å². The predicted octanol–water partition coefficient (Wildman–Crippen LogP) is 7.26. The van der Waals surface area contributed by atoms with E-state index in [1.165, 1.54) is 28.5 Å². The van der Waals surface area contributed by atoms with Crippen LogP contribution in [0.3, 0.4) is 0 Å². The maximum Gasteiger partial charge on any atom is 0.182 e. The Bertz CT molecular complexity index is 1510. The average molecular weight is 643 g/mol. The van der Waals surface area contributed by atoms with E-state index in [0.717, 1.165) is 0 Å². The number of hydrogen-bond acceptors (Lipinski definition) is 2. The maximum absolute atomic E-state index is 2.75. The zero-order chi connectivity index (χ0) is 29.5. The van der Waals surface area contributed by atoms with Crippen molar-refractivity contribution in [3.8, 4) is 9.75 Å². The minimum absolute atomic E-state index is 1.31. The molecule has 41 heavy (non-hydrogen) atoms. The Kier molecular flexibility index (Phi) is 8.74. The van der Waals surface area contributed by atoms with Crippen LogP contribution in [0.1, 0.15) is 27.7 Å². The van der Waals surface area contributed by atoms with E-state index >= 15 is 0 Å². The van der Waals surface area contributed by atoms with E-state index in [2.05, 4.69) is 173 Å². The maximum atomic E-state index is 2.75. The second-order valence-electron chi connectivity index (χ2n) is 12.9. The molecular formula is C35H46S2Si4. The van der Waals surface area contributed by atoms with Gasteiger partial charge in [-0.2, -0.15) is 0 Å². The van der Waals surface area contributed by atoms with Crippen molar-refractivity contribution >= 4 is 84.7 Å². The number of thiophene rings is 2. The molecule has 0 saturated carbocycles. The zero-order valence-corrected chi connectivity index (χ0v) is 31.8. The lowest BCUT2D eigenvalue weighted by Gasteiger charge is -2.30. The van der Waals surface area contributed by atoms with E-state index in [-0.39, 0.29) is 0 Å². The van der Waals surface area contributed by atoms with Gasteiger partial charge in [-0.3, -0.25) is 0 Å². The molecule has 6 heteroatoms. The first-order valence-electron chi connectivity index (χ1n) is 15.3. The fourth-order valence-electron chi connectivity index (χ4n) is 6.69. The van der Waals surface area contributed by atoms with Gasteiger partial charge in [-0.05, 0) is 36.7 Å². The highest BCUT2D eigenvalue weighted by molar-refractivity contribution is 7.41. The fraction of sp³-hybridized carbons (Fsp3) is 0.314. The summed E-state index contributed by atoms with van der Waals surface area (Å²) in [6.07, 6.45) is 2.28. The Morgan fingerprint density at radius 2 is 1.02 bits per heavy atom. The van der Waals surface area contributed by atoms with Crippen molar-refractivity contribution in [3.63, 3.8) is 0 Å². The molecular weight excluding hydrogens is 597 g/mol. The zero-order valence-electron chi connectivity index (χ0n) is 26.2. The van der Waals surface area contributed by atoms with Crippen LogP contribution in [-0.2, 0) is 0 Å². The molecule has 0 amide bonds. The first-order chi connectivity index (χ1) is 19.6. The molecule has 4 aromatic rings. The van der Waals surface area contributed by atoms with Gasteiger partial charge < -0.3 is 0 Å². The topological polar surface area (TPSA) is 0 Å². The van der Waals surface area contributed by atoms with Gasteiger partial charge in [0.1, 0.15) is 16.1 Å². The van der Waals surface area contributed by atoms with Crippen molar-refractivity contribution in [1.82, 2.24) is 0 Å². The first kappa shape index (κ1) is 30.6. The smallest absolute Gasteiger partial charge is 0.144 e. The summed E-state index contributed by atoms with van der Waals surface area (Å²) < 4.78 is 3.27. The number of fused-ring (bicyclic) bond motifs is 3. The Labute approximate surface area is 260 Å². The molecule has 0 bridgehead atoms. The molecule has 0 aliphatic carbocycles. The summed E-state index contributed by atoms with van der Waals surface area (Å²) >= 11 is 4.26. The Balaban J connectivity index is 1.79. The van der Waals surface area contributed by atoms with E-state index in [4.69, 9.17) is 0 Å². The Morgan fingerprint density at radius 1 is 0.610 bits per heavy atom. The van der Waals surface area contributed by atoms with Gasteiger partial charge >= 0.3 is 0 Å². The number of allylic oxidation sites excluding steroid dienone is 1. The summed E-state index contributed by atoms with van der Waals surface area (Å²) in [5, 5.41) is 6.33. The van der Waals surface area contributed by atoms with E-state index in [9.17, 15) is 0 Å². The predicted molar refractivity (Wildman–Crippen MR) is 200 cm³/mol. The second-order valence-corrected chi connectivity index (χ2v) is 33.3. The third-order valence-electron chi connectivity index (χ3n) is 9.71. The first-order valence-corrected chi connectivity index (χ1v) is 27.8. The van der Waals surface area contributed by atoms with Crippen LogP contribution in [0.4, 0.5) is 0 Å².